The van der Waals surface area contributed by atoms with Gasteiger partial charge in [0.25, 0.3) is 0 Å². The lowest BCUT2D eigenvalue weighted by atomic mass is 9.83. The first kappa shape index (κ1) is 21.3. The van der Waals surface area contributed by atoms with Gasteiger partial charge in [0, 0.05) is 23.6 Å². The zero-order valence-electron chi connectivity index (χ0n) is 16.2. The highest BCUT2D eigenvalue weighted by atomic mass is 16.6. The van der Waals surface area contributed by atoms with Crippen LogP contribution in [0.4, 0.5) is 0 Å². The van der Waals surface area contributed by atoms with Gasteiger partial charge < -0.3 is 14.2 Å². The molecule has 0 aromatic carbocycles. The molecule has 2 aliphatic rings. The lowest BCUT2D eigenvalue weighted by Gasteiger charge is -2.32. The van der Waals surface area contributed by atoms with E-state index in [9.17, 15) is 19.2 Å². The number of hydrogen-bond donors (Lipinski definition) is 0. The van der Waals surface area contributed by atoms with Crippen LogP contribution in [0, 0.1) is 5.92 Å². The van der Waals surface area contributed by atoms with Crippen LogP contribution >= 0.6 is 0 Å². The molecule has 0 amide bonds. The molecule has 1 aliphatic heterocycles. The van der Waals surface area contributed by atoms with E-state index in [1.807, 2.05) is 6.92 Å². The van der Waals surface area contributed by atoms with Crippen LogP contribution in [0.15, 0.2) is 47.6 Å². The Morgan fingerprint density at radius 2 is 1.96 bits per heavy atom. The van der Waals surface area contributed by atoms with Crippen molar-refractivity contribution in [3.63, 3.8) is 0 Å². The maximum atomic E-state index is 12.3. The van der Waals surface area contributed by atoms with E-state index < -0.39 is 42.1 Å². The van der Waals surface area contributed by atoms with Crippen LogP contribution in [-0.2, 0) is 33.4 Å². The first-order valence-electron chi connectivity index (χ1n) is 8.91. The molecule has 7 nitrogen and oxygen atoms in total. The molecule has 0 bridgehead atoms. The highest BCUT2D eigenvalue weighted by Crippen LogP contribution is 2.37. The minimum absolute atomic E-state index is 0.0801. The summed E-state index contributed by atoms with van der Waals surface area (Å²) in [6.45, 7) is 11.9. The Morgan fingerprint density at radius 1 is 1.29 bits per heavy atom. The number of carbonyl (C=O) groups excluding carboxylic acids is 4. The van der Waals surface area contributed by atoms with Crippen molar-refractivity contribution in [1.29, 1.82) is 0 Å². The highest BCUT2D eigenvalue weighted by Gasteiger charge is 2.49. The van der Waals surface area contributed by atoms with Crippen LogP contribution < -0.4 is 0 Å². The molecule has 0 spiro atoms. The number of allylic oxidation sites excluding steroid dienone is 2. The van der Waals surface area contributed by atoms with Gasteiger partial charge in [-0.1, -0.05) is 24.8 Å². The van der Waals surface area contributed by atoms with Gasteiger partial charge in [0.15, 0.2) is 12.2 Å². The van der Waals surface area contributed by atoms with Crippen molar-refractivity contribution in [3.8, 4) is 0 Å². The topological polar surface area (TPSA) is 96.0 Å². The molecule has 0 aromatic heterocycles. The summed E-state index contributed by atoms with van der Waals surface area (Å²) in [6, 6.07) is 0. The van der Waals surface area contributed by atoms with Crippen molar-refractivity contribution in [2.75, 3.05) is 0 Å². The molecule has 7 heteroatoms. The monoisotopic (exact) mass is 388 g/mol. The quantitative estimate of drug-likeness (QED) is 0.240. The average molecular weight is 388 g/mol. The van der Waals surface area contributed by atoms with E-state index in [1.165, 1.54) is 13.8 Å². The van der Waals surface area contributed by atoms with E-state index >= 15 is 0 Å². The summed E-state index contributed by atoms with van der Waals surface area (Å²) in [5.74, 6) is -2.86. The lowest BCUT2D eigenvalue weighted by molar-refractivity contribution is -0.166. The smallest absolute Gasteiger partial charge is 0.334 e. The molecule has 1 heterocycles. The fraction of sp³-hybridized carbons (Fsp3) is 0.429. The Balaban J connectivity index is 2.63. The summed E-state index contributed by atoms with van der Waals surface area (Å²) < 4.78 is 16.3. The first-order valence-corrected chi connectivity index (χ1v) is 8.91. The third-order valence-electron chi connectivity index (χ3n) is 4.63. The largest absolute Gasteiger partial charge is 0.454 e. The van der Waals surface area contributed by atoms with E-state index in [4.69, 9.17) is 14.2 Å². The van der Waals surface area contributed by atoms with E-state index in [0.29, 0.717) is 19.1 Å². The summed E-state index contributed by atoms with van der Waals surface area (Å²) in [6.07, 6.45) is 1.94. The van der Waals surface area contributed by atoms with Crippen molar-refractivity contribution in [3.05, 3.63) is 47.6 Å². The second-order valence-electron chi connectivity index (χ2n) is 6.97. The fourth-order valence-corrected chi connectivity index (χ4v) is 3.24. The number of hydrogen-bond acceptors (Lipinski definition) is 7. The van der Waals surface area contributed by atoms with Gasteiger partial charge in [0.1, 0.15) is 12.4 Å². The molecular weight excluding hydrogens is 364 g/mol. The molecule has 1 saturated heterocycles. The van der Waals surface area contributed by atoms with Gasteiger partial charge in [-0.25, -0.2) is 9.59 Å². The number of fused-ring (bicyclic) bond motifs is 1. The molecule has 28 heavy (non-hydrogen) atoms. The molecule has 4 atom stereocenters. The zero-order valence-corrected chi connectivity index (χ0v) is 16.2. The summed E-state index contributed by atoms with van der Waals surface area (Å²) >= 11 is 0. The summed E-state index contributed by atoms with van der Waals surface area (Å²) in [4.78, 5) is 47.9. The number of ether oxygens (including phenoxy) is 3. The van der Waals surface area contributed by atoms with Crippen molar-refractivity contribution in [2.45, 2.75) is 51.9 Å². The normalized spacial score (nSPS) is 31.2. The van der Waals surface area contributed by atoms with Crippen molar-refractivity contribution in [1.82, 2.24) is 0 Å². The Morgan fingerprint density at radius 3 is 2.54 bits per heavy atom. The number of rotatable bonds is 4. The van der Waals surface area contributed by atoms with Crippen molar-refractivity contribution >= 4 is 24.2 Å². The number of carbonyl (C=O) groups is 4. The fourth-order valence-electron chi connectivity index (χ4n) is 3.24. The van der Waals surface area contributed by atoms with Gasteiger partial charge >= 0.3 is 17.9 Å². The Bertz CT molecular complexity index is 787. The molecular formula is C21H24O7. The van der Waals surface area contributed by atoms with Gasteiger partial charge in [0.05, 0.1) is 5.92 Å². The van der Waals surface area contributed by atoms with Gasteiger partial charge in [-0.2, -0.15) is 0 Å². The van der Waals surface area contributed by atoms with Gasteiger partial charge in [-0.05, 0) is 32.8 Å². The lowest BCUT2D eigenvalue weighted by Crippen LogP contribution is -2.45. The summed E-state index contributed by atoms with van der Waals surface area (Å²) in [7, 11) is 0. The van der Waals surface area contributed by atoms with Gasteiger partial charge in [0.2, 0.25) is 0 Å². The van der Waals surface area contributed by atoms with Gasteiger partial charge in [-0.15, -0.1) is 0 Å². The Labute approximate surface area is 163 Å². The van der Waals surface area contributed by atoms with Crippen LogP contribution in [0.5, 0.6) is 0 Å². The Hall–Kier alpha value is -2.96. The minimum atomic E-state index is -1.20. The second kappa shape index (κ2) is 8.82. The number of esters is 3. The van der Waals surface area contributed by atoms with Crippen LogP contribution in [-0.4, -0.2) is 42.5 Å². The van der Waals surface area contributed by atoms with Crippen molar-refractivity contribution < 1.29 is 33.4 Å². The molecule has 0 saturated carbocycles. The standard InChI is InChI=1S/C21H24O7/c1-11(2)20(24)28-19-17-13(4)21(25)27-16(17)9-12(3)7-6-8-15(10-22)18(19)26-14(5)23/h8-10,16-19H,1,4,6-7H2,2-3,5H3/b12-9+,15-8-/t16-,17+,18+,19+/m1/s1. The zero-order chi connectivity index (χ0) is 21.0. The molecule has 0 unspecified atom stereocenters. The molecule has 1 fully saturated rings. The minimum Gasteiger partial charge on any atom is -0.454 e. The van der Waals surface area contributed by atoms with Crippen molar-refractivity contribution in [2.24, 2.45) is 5.92 Å². The van der Waals surface area contributed by atoms with Crippen LogP contribution in [0.25, 0.3) is 0 Å². The Kier molecular flexibility index (Phi) is 6.72. The molecule has 150 valence electrons. The molecule has 2 rings (SSSR count). The van der Waals surface area contributed by atoms with E-state index in [-0.39, 0.29) is 16.7 Å². The van der Waals surface area contributed by atoms with Crippen LogP contribution in [0.2, 0.25) is 0 Å². The second-order valence-corrected chi connectivity index (χ2v) is 6.97. The summed E-state index contributed by atoms with van der Waals surface area (Å²) in [5, 5.41) is 0. The predicted molar refractivity (Wildman–Crippen MR) is 99.9 cm³/mol. The average Bonchev–Trinajstić information content (AvgIpc) is 2.88. The third kappa shape index (κ3) is 4.65. The summed E-state index contributed by atoms with van der Waals surface area (Å²) in [5.41, 5.74) is 1.29. The molecule has 0 aromatic rings. The molecule has 0 radical (unpaired) electrons. The van der Waals surface area contributed by atoms with Crippen LogP contribution in [0.3, 0.4) is 0 Å². The maximum Gasteiger partial charge on any atom is 0.334 e. The molecule has 1 aliphatic carbocycles. The van der Waals surface area contributed by atoms with E-state index in [1.54, 1.807) is 12.2 Å². The number of aldehydes is 1. The van der Waals surface area contributed by atoms with Gasteiger partial charge in [-0.3, -0.25) is 9.59 Å². The first-order chi connectivity index (χ1) is 13.1. The SMILES string of the molecule is C=C(C)C(=O)O[C@H]1[C@H]2C(=C)C(=O)O[C@@H]2/C=C(\C)CC/C=C(/C=O)[C@@H]1OC(C)=O. The van der Waals surface area contributed by atoms with E-state index in [0.717, 1.165) is 5.57 Å². The highest BCUT2D eigenvalue weighted by molar-refractivity contribution is 5.92. The predicted octanol–water partition coefficient (Wildman–Crippen LogP) is 2.37. The van der Waals surface area contributed by atoms with Crippen LogP contribution in [0.1, 0.15) is 33.6 Å². The maximum absolute atomic E-state index is 12.3. The molecule has 0 N–H and O–H groups in total. The third-order valence-corrected chi connectivity index (χ3v) is 4.63. The van der Waals surface area contributed by atoms with E-state index in [2.05, 4.69) is 13.2 Å².